The molecule has 1 amide bonds. The van der Waals surface area contributed by atoms with E-state index < -0.39 is 0 Å². The van der Waals surface area contributed by atoms with E-state index in [9.17, 15) is 9.59 Å². The normalized spacial score (nSPS) is 10.5. The molecule has 0 atom stereocenters. The van der Waals surface area contributed by atoms with Gasteiger partial charge in [-0.1, -0.05) is 12.1 Å². The first kappa shape index (κ1) is 20.4. The molecule has 4 rings (SSSR count). The summed E-state index contributed by atoms with van der Waals surface area (Å²) in [6.07, 6.45) is 0.806. The number of benzene rings is 3. The number of hydrogen-bond acceptors (Lipinski definition) is 7. The lowest BCUT2D eigenvalue weighted by atomic mass is 10.2. The van der Waals surface area contributed by atoms with Crippen molar-refractivity contribution in [2.45, 2.75) is 11.8 Å². The van der Waals surface area contributed by atoms with Crippen LogP contribution in [-0.2, 0) is 4.79 Å². The molecule has 0 fully saturated rings. The first-order valence-electron chi connectivity index (χ1n) is 9.50. The van der Waals surface area contributed by atoms with Gasteiger partial charge in [0.2, 0.25) is 5.91 Å². The summed E-state index contributed by atoms with van der Waals surface area (Å²) in [5, 5.41) is 6.02. The number of rotatable bonds is 7. The Kier molecular flexibility index (Phi) is 6.09. The number of amides is 1. The van der Waals surface area contributed by atoms with E-state index in [0.29, 0.717) is 17.2 Å². The SMILES string of the molecule is CC(=O)Nc1ccc(SNc2nc3ccccc3nc2Nc2ccc(C=O)cc2)cc1. The van der Waals surface area contributed by atoms with Crippen LogP contribution in [0.4, 0.5) is 23.0 Å². The van der Waals surface area contributed by atoms with E-state index in [2.05, 4.69) is 15.4 Å². The van der Waals surface area contributed by atoms with Crippen molar-refractivity contribution in [3.8, 4) is 0 Å². The Hall–Kier alpha value is -3.91. The van der Waals surface area contributed by atoms with Gasteiger partial charge >= 0.3 is 0 Å². The molecule has 0 unspecified atom stereocenters. The first-order valence-corrected chi connectivity index (χ1v) is 10.3. The van der Waals surface area contributed by atoms with Crippen molar-refractivity contribution in [3.63, 3.8) is 0 Å². The topological polar surface area (TPSA) is 96.0 Å². The van der Waals surface area contributed by atoms with Gasteiger partial charge in [0.1, 0.15) is 6.29 Å². The van der Waals surface area contributed by atoms with Crippen molar-refractivity contribution < 1.29 is 9.59 Å². The average Bonchev–Trinajstić information content (AvgIpc) is 2.79. The van der Waals surface area contributed by atoms with Gasteiger partial charge in [-0.3, -0.25) is 9.59 Å². The molecular weight excluding hydrogens is 410 g/mol. The maximum atomic E-state index is 11.2. The van der Waals surface area contributed by atoms with Crippen molar-refractivity contribution >= 4 is 58.2 Å². The van der Waals surface area contributed by atoms with Crippen LogP contribution in [0, 0.1) is 0 Å². The van der Waals surface area contributed by atoms with Gasteiger partial charge in [0.05, 0.1) is 11.0 Å². The van der Waals surface area contributed by atoms with Crippen LogP contribution >= 0.6 is 11.9 Å². The van der Waals surface area contributed by atoms with Crippen LogP contribution in [0.5, 0.6) is 0 Å². The largest absolute Gasteiger partial charge is 0.337 e. The number of carbonyl (C=O) groups excluding carboxylic acids is 2. The number of hydrogen-bond donors (Lipinski definition) is 3. The Bertz CT molecular complexity index is 1230. The van der Waals surface area contributed by atoms with Crippen LogP contribution in [0.1, 0.15) is 17.3 Å². The minimum Gasteiger partial charge on any atom is -0.337 e. The summed E-state index contributed by atoms with van der Waals surface area (Å²) < 4.78 is 3.26. The summed E-state index contributed by atoms with van der Waals surface area (Å²) in [7, 11) is 0. The van der Waals surface area contributed by atoms with Crippen molar-refractivity contribution in [1.82, 2.24) is 9.97 Å². The minimum atomic E-state index is -0.109. The fraction of sp³-hybridized carbons (Fsp3) is 0.0435. The number of aldehydes is 1. The zero-order valence-corrected chi connectivity index (χ0v) is 17.4. The Balaban J connectivity index is 1.58. The van der Waals surface area contributed by atoms with E-state index in [4.69, 9.17) is 9.97 Å². The Morgan fingerprint density at radius 3 is 2.06 bits per heavy atom. The molecule has 1 aromatic heterocycles. The van der Waals surface area contributed by atoms with Crippen LogP contribution in [0.2, 0.25) is 0 Å². The van der Waals surface area contributed by atoms with Gasteiger partial charge in [0.25, 0.3) is 0 Å². The second kappa shape index (κ2) is 9.27. The third-order valence-corrected chi connectivity index (χ3v) is 5.12. The number of aromatic nitrogens is 2. The Labute approximate surface area is 183 Å². The number of nitrogens with one attached hydrogen (secondary N) is 3. The highest BCUT2D eigenvalue weighted by atomic mass is 32.2. The van der Waals surface area contributed by atoms with E-state index in [1.165, 1.54) is 18.9 Å². The molecule has 0 spiro atoms. The highest BCUT2D eigenvalue weighted by molar-refractivity contribution is 8.00. The molecule has 0 aliphatic rings. The monoisotopic (exact) mass is 429 g/mol. The highest BCUT2D eigenvalue weighted by Gasteiger charge is 2.10. The molecule has 0 saturated carbocycles. The first-order chi connectivity index (χ1) is 15.1. The number of nitrogens with zero attached hydrogens (tertiary/aromatic N) is 2. The van der Waals surface area contributed by atoms with E-state index in [1.54, 1.807) is 12.1 Å². The lowest BCUT2D eigenvalue weighted by Gasteiger charge is -2.13. The number of para-hydroxylation sites is 2. The lowest BCUT2D eigenvalue weighted by Crippen LogP contribution is -2.05. The Morgan fingerprint density at radius 1 is 0.839 bits per heavy atom. The average molecular weight is 430 g/mol. The fourth-order valence-electron chi connectivity index (χ4n) is 2.86. The summed E-state index contributed by atoms with van der Waals surface area (Å²) in [6.45, 7) is 1.48. The second-order valence-corrected chi connectivity index (χ2v) is 7.56. The third kappa shape index (κ3) is 5.18. The van der Waals surface area contributed by atoms with E-state index in [0.717, 1.165) is 33.6 Å². The zero-order chi connectivity index (χ0) is 21.6. The van der Waals surface area contributed by atoms with E-state index in [-0.39, 0.29) is 5.91 Å². The van der Waals surface area contributed by atoms with Crippen molar-refractivity contribution in [3.05, 3.63) is 78.4 Å². The summed E-state index contributed by atoms with van der Waals surface area (Å²) in [5.74, 6) is 1.04. The molecule has 3 N–H and O–H groups in total. The molecule has 0 aliphatic heterocycles. The van der Waals surface area contributed by atoms with Gasteiger partial charge in [-0.05, 0) is 72.6 Å². The van der Waals surface area contributed by atoms with Crippen LogP contribution in [0.25, 0.3) is 11.0 Å². The predicted octanol–water partition coefficient (Wildman–Crippen LogP) is 5.26. The summed E-state index contributed by atoms with van der Waals surface area (Å²) >= 11 is 1.39. The van der Waals surface area contributed by atoms with Crippen LogP contribution < -0.4 is 15.4 Å². The van der Waals surface area contributed by atoms with E-state index >= 15 is 0 Å². The quantitative estimate of drug-likeness (QED) is 0.272. The van der Waals surface area contributed by atoms with Crippen LogP contribution in [-0.4, -0.2) is 22.2 Å². The summed E-state index contributed by atoms with van der Waals surface area (Å²) in [4.78, 5) is 32.4. The van der Waals surface area contributed by atoms with Gasteiger partial charge < -0.3 is 15.4 Å². The summed E-state index contributed by atoms with van der Waals surface area (Å²) in [6, 6.07) is 22.2. The summed E-state index contributed by atoms with van der Waals surface area (Å²) in [5.41, 5.74) is 3.68. The molecule has 154 valence electrons. The molecule has 1 heterocycles. The molecule has 0 aliphatic carbocycles. The molecule has 31 heavy (non-hydrogen) atoms. The van der Waals surface area contributed by atoms with Crippen molar-refractivity contribution in [2.24, 2.45) is 0 Å². The highest BCUT2D eigenvalue weighted by Crippen LogP contribution is 2.29. The molecule has 7 nitrogen and oxygen atoms in total. The molecule has 0 bridgehead atoms. The second-order valence-electron chi connectivity index (χ2n) is 6.68. The molecule has 0 radical (unpaired) electrons. The number of fused-ring (bicyclic) bond motifs is 1. The smallest absolute Gasteiger partial charge is 0.221 e. The van der Waals surface area contributed by atoms with Crippen molar-refractivity contribution in [2.75, 3.05) is 15.4 Å². The van der Waals surface area contributed by atoms with Crippen molar-refractivity contribution in [1.29, 1.82) is 0 Å². The standard InChI is InChI=1S/C23H19N5O2S/c1-15(30)24-17-10-12-19(13-11-17)31-28-23-22(25-18-8-6-16(14-29)7-9-18)26-20-4-2-3-5-21(20)27-23/h2-14H,1H3,(H,24,30)(H,25,26)(H,27,28). The molecule has 8 heteroatoms. The van der Waals surface area contributed by atoms with Gasteiger partial charge in [-0.2, -0.15) is 0 Å². The van der Waals surface area contributed by atoms with Gasteiger partial charge in [0.15, 0.2) is 11.6 Å². The number of anilines is 4. The lowest BCUT2D eigenvalue weighted by molar-refractivity contribution is -0.114. The van der Waals surface area contributed by atoms with E-state index in [1.807, 2.05) is 60.7 Å². The number of carbonyl (C=O) groups is 2. The Morgan fingerprint density at radius 2 is 1.45 bits per heavy atom. The fourth-order valence-corrected chi connectivity index (χ4v) is 3.49. The third-order valence-electron chi connectivity index (χ3n) is 4.32. The maximum Gasteiger partial charge on any atom is 0.221 e. The molecule has 0 saturated heterocycles. The maximum absolute atomic E-state index is 11.2. The van der Waals surface area contributed by atoms with Crippen LogP contribution in [0.3, 0.4) is 0 Å². The van der Waals surface area contributed by atoms with Gasteiger partial charge in [-0.15, -0.1) is 0 Å². The molecular formula is C23H19N5O2S. The zero-order valence-electron chi connectivity index (χ0n) is 16.6. The van der Waals surface area contributed by atoms with Gasteiger partial charge in [-0.25, -0.2) is 9.97 Å². The molecule has 3 aromatic carbocycles. The van der Waals surface area contributed by atoms with Gasteiger partial charge in [0, 0.05) is 28.8 Å². The predicted molar refractivity (Wildman–Crippen MR) is 125 cm³/mol. The van der Waals surface area contributed by atoms with Crippen LogP contribution in [0.15, 0.2) is 77.7 Å². The minimum absolute atomic E-state index is 0.109. The molecule has 4 aromatic rings.